The number of carbonyl (C=O) groups excluding carboxylic acids is 1. The van der Waals surface area contributed by atoms with Gasteiger partial charge in [0.15, 0.2) is 0 Å². The molecule has 26 heavy (non-hydrogen) atoms. The van der Waals surface area contributed by atoms with Crippen LogP contribution in [0.25, 0.3) is 0 Å². The average molecular weight is 365 g/mol. The smallest absolute Gasteiger partial charge is 0.407 e. The molecule has 0 radical (unpaired) electrons. The summed E-state index contributed by atoms with van der Waals surface area (Å²) in [5, 5.41) is 16.9. The molecule has 0 saturated carbocycles. The third kappa shape index (κ3) is 8.68. The van der Waals surface area contributed by atoms with Gasteiger partial charge in [-0.2, -0.15) is 0 Å². The zero-order chi connectivity index (χ0) is 20.0. The number of ether oxygens (including phenoxy) is 1. The summed E-state index contributed by atoms with van der Waals surface area (Å²) in [5.41, 5.74) is 0.565. The predicted octanol–water partition coefficient (Wildman–Crippen LogP) is 3.51. The quantitative estimate of drug-likeness (QED) is 0.692. The van der Waals surface area contributed by atoms with E-state index in [1.807, 2.05) is 51.1 Å². The van der Waals surface area contributed by atoms with Crippen LogP contribution < -0.4 is 10.6 Å². The number of aliphatic hydroxyl groups excluding tert-OH is 1. The van der Waals surface area contributed by atoms with Crippen molar-refractivity contribution in [1.82, 2.24) is 10.6 Å². The summed E-state index contributed by atoms with van der Waals surface area (Å²) < 4.78 is 5.35. The molecule has 0 aliphatic carbocycles. The third-order valence-corrected chi connectivity index (χ3v) is 4.40. The molecule has 0 aromatic heterocycles. The Hall–Kier alpha value is -1.59. The Morgan fingerprint density at radius 3 is 2.19 bits per heavy atom. The zero-order valence-electron chi connectivity index (χ0n) is 17.3. The number of hydrogen-bond donors (Lipinski definition) is 3. The Labute approximate surface area is 158 Å². The van der Waals surface area contributed by atoms with E-state index in [4.69, 9.17) is 4.74 Å². The Bertz CT molecular complexity index is 547. The summed E-state index contributed by atoms with van der Waals surface area (Å²) in [6, 6.07) is 9.62. The SMILES string of the molecule is C[C@@H](NC[C@@H](O)[C@H](Cc1ccccc1)NC(=O)OC(C)(C)C)C(C)(C)C. The van der Waals surface area contributed by atoms with Gasteiger partial charge in [0.25, 0.3) is 0 Å². The largest absolute Gasteiger partial charge is 0.444 e. The van der Waals surface area contributed by atoms with E-state index < -0.39 is 23.8 Å². The Balaban J connectivity index is 2.77. The highest BCUT2D eigenvalue weighted by Gasteiger charge is 2.27. The van der Waals surface area contributed by atoms with Gasteiger partial charge in [-0.15, -0.1) is 0 Å². The number of hydrogen-bond acceptors (Lipinski definition) is 4. The molecular formula is C21H36N2O3. The maximum atomic E-state index is 12.2. The molecule has 1 amide bonds. The summed E-state index contributed by atoms with van der Waals surface area (Å²) in [6.45, 7) is 14.4. The summed E-state index contributed by atoms with van der Waals surface area (Å²) in [4.78, 5) is 12.2. The Kier molecular flexibility index (Phi) is 8.10. The molecule has 0 aliphatic heterocycles. The van der Waals surface area contributed by atoms with Crippen molar-refractivity contribution in [2.75, 3.05) is 6.54 Å². The first-order chi connectivity index (χ1) is 11.9. The lowest BCUT2D eigenvalue weighted by atomic mass is 9.88. The second kappa shape index (κ2) is 9.38. The highest BCUT2D eigenvalue weighted by molar-refractivity contribution is 5.68. The van der Waals surface area contributed by atoms with Crippen LogP contribution in [0, 0.1) is 5.41 Å². The molecular weight excluding hydrogens is 328 g/mol. The van der Waals surface area contributed by atoms with Crippen molar-refractivity contribution in [1.29, 1.82) is 0 Å². The summed E-state index contributed by atoms with van der Waals surface area (Å²) in [7, 11) is 0. The molecule has 0 fully saturated rings. The van der Waals surface area contributed by atoms with E-state index in [0.717, 1.165) is 5.56 Å². The highest BCUT2D eigenvalue weighted by Crippen LogP contribution is 2.18. The van der Waals surface area contributed by atoms with Crippen LogP contribution in [0.5, 0.6) is 0 Å². The molecule has 0 saturated heterocycles. The molecule has 1 aromatic rings. The fraction of sp³-hybridized carbons (Fsp3) is 0.667. The molecule has 5 nitrogen and oxygen atoms in total. The van der Waals surface area contributed by atoms with Gasteiger partial charge in [0.05, 0.1) is 12.1 Å². The molecule has 0 bridgehead atoms. The van der Waals surface area contributed by atoms with Crippen molar-refractivity contribution < 1.29 is 14.6 Å². The van der Waals surface area contributed by atoms with Crippen molar-refractivity contribution in [3.8, 4) is 0 Å². The number of carbonyl (C=O) groups is 1. The lowest BCUT2D eigenvalue weighted by molar-refractivity contribution is 0.0416. The number of nitrogens with one attached hydrogen (secondary N) is 2. The van der Waals surface area contributed by atoms with Crippen molar-refractivity contribution in [3.63, 3.8) is 0 Å². The van der Waals surface area contributed by atoms with Gasteiger partial charge >= 0.3 is 6.09 Å². The second-order valence-electron chi connectivity index (χ2n) is 9.01. The molecule has 0 unspecified atom stereocenters. The molecule has 148 valence electrons. The van der Waals surface area contributed by atoms with Crippen LogP contribution in [-0.4, -0.2) is 41.5 Å². The Morgan fingerprint density at radius 2 is 1.69 bits per heavy atom. The fourth-order valence-electron chi connectivity index (χ4n) is 2.36. The minimum Gasteiger partial charge on any atom is -0.444 e. The first kappa shape index (κ1) is 22.5. The van der Waals surface area contributed by atoms with Crippen molar-refractivity contribution in [2.45, 2.75) is 78.7 Å². The van der Waals surface area contributed by atoms with Gasteiger partial charge < -0.3 is 20.5 Å². The maximum Gasteiger partial charge on any atom is 0.407 e. The molecule has 0 heterocycles. The molecule has 0 aliphatic rings. The van der Waals surface area contributed by atoms with Crippen molar-refractivity contribution in [3.05, 3.63) is 35.9 Å². The van der Waals surface area contributed by atoms with Crippen LogP contribution in [0.4, 0.5) is 4.79 Å². The predicted molar refractivity (Wildman–Crippen MR) is 106 cm³/mol. The first-order valence-corrected chi connectivity index (χ1v) is 9.33. The first-order valence-electron chi connectivity index (χ1n) is 9.33. The highest BCUT2D eigenvalue weighted by atomic mass is 16.6. The van der Waals surface area contributed by atoms with E-state index >= 15 is 0 Å². The van der Waals surface area contributed by atoms with E-state index in [1.54, 1.807) is 0 Å². The van der Waals surface area contributed by atoms with Gasteiger partial charge in [-0.1, -0.05) is 51.1 Å². The van der Waals surface area contributed by atoms with Crippen LogP contribution in [-0.2, 0) is 11.2 Å². The molecule has 0 spiro atoms. The van der Waals surface area contributed by atoms with Gasteiger partial charge in [0.1, 0.15) is 5.60 Å². The number of rotatable bonds is 7. The normalized spacial score (nSPS) is 15.8. The molecule has 3 atom stereocenters. The standard InChI is InChI=1S/C21H36N2O3/c1-15(20(2,3)4)22-14-18(24)17(13-16-11-9-8-10-12-16)23-19(25)26-21(5,6)7/h8-12,15,17-18,22,24H,13-14H2,1-7H3,(H,23,25)/t15-,17+,18-/m1/s1. The summed E-state index contributed by atoms with van der Waals surface area (Å²) in [5.74, 6) is 0. The molecule has 5 heteroatoms. The zero-order valence-corrected chi connectivity index (χ0v) is 17.3. The van der Waals surface area contributed by atoms with E-state index in [0.29, 0.717) is 13.0 Å². The number of alkyl carbamates (subject to hydrolysis) is 1. The van der Waals surface area contributed by atoms with Crippen LogP contribution in [0.2, 0.25) is 0 Å². The topological polar surface area (TPSA) is 70.6 Å². The fourth-order valence-corrected chi connectivity index (χ4v) is 2.36. The number of aliphatic hydroxyl groups is 1. The lowest BCUT2D eigenvalue weighted by Crippen LogP contribution is -2.52. The van der Waals surface area contributed by atoms with E-state index in [2.05, 4.69) is 38.3 Å². The van der Waals surface area contributed by atoms with Gasteiger partial charge in [0.2, 0.25) is 0 Å². The van der Waals surface area contributed by atoms with E-state index in [-0.39, 0.29) is 11.5 Å². The van der Waals surface area contributed by atoms with Gasteiger partial charge in [-0.3, -0.25) is 0 Å². The minimum absolute atomic E-state index is 0.0905. The molecule has 1 aromatic carbocycles. The van der Waals surface area contributed by atoms with Gasteiger partial charge in [-0.25, -0.2) is 4.79 Å². The van der Waals surface area contributed by atoms with Crippen molar-refractivity contribution in [2.24, 2.45) is 5.41 Å². The van der Waals surface area contributed by atoms with Crippen LogP contribution in [0.15, 0.2) is 30.3 Å². The summed E-state index contributed by atoms with van der Waals surface area (Å²) >= 11 is 0. The monoisotopic (exact) mass is 364 g/mol. The van der Waals surface area contributed by atoms with E-state index in [9.17, 15) is 9.90 Å². The number of benzene rings is 1. The second-order valence-corrected chi connectivity index (χ2v) is 9.01. The van der Waals surface area contributed by atoms with Crippen LogP contribution >= 0.6 is 0 Å². The van der Waals surface area contributed by atoms with Gasteiger partial charge in [-0.05, 0) is 45.1 Å². The van der Waals surface area contributed by atoms with Crippen LogP contribution in [0.3, 0.4) is 0 Å². The average Bonchev–Trinajstić information content (AvgIpc) is 2.49. The van der Waals surface area contributed by atoms with Gasteiger partial charge in [0, 0.05) is 12.6 Å². The third-order valence-electron chi connectivity index (χ3n) is 4.40. The summed E-state index contributed by atoms with van der Waals surface area (Å²) in [6.07, 6.45) is -0.707. The lowest BCUT2D eigenvalue weighted by Gasteiger charge is -2.31. The Morgan fingerprint density at radius 1 is 1.12 bits per heavy atom. The molecule has 3 N–H and O–H groups in total. The van der Waals surface area contributed by atoms with E-state index in [1.165, 1.54) is 0 Å². The minimum atomic E-state index is -0.729. The van der Waals surface area contributed by atoms with Crippen molar-refractivity contribution >= 4 is 6.09 Å². The number of amides is 1. The maximum absolute atomic E-state index is 12.2. The van der Waals surface area contributed by atoms with Crippen LogP contribution in [0.1, 0.15) is 54.0 Å². The molecule has 1 rings (SSSR count).